The second kappa shape index (κ2) is 6.82. The van der Waals surface area contributed by atoms with Gasteiger partial charge in [0.05, 0.1) is 0 Å². The third-order valence-corrected chi connectivity index (χ3v) is 7.60. The van der Waals surface area contributed by atoms with Crippen LogP contribution in [0.5, 0.6) is 0 Å². The molecule has 0 amide bonds. The molecule has 0 radical (unpaired) electrons. The van der Waals surface area contributed by atoms with Gasteiger partial charge in [0.2, 0.25) is 0 Å². The molecule has 2 aromatic rings. The summed E-state index contributed by atoms with van der Waals surface area (Å²) in [4.78, 5) is 0. The van der Waals surface area contributed by atoms with Gasteiger partial charge in [-0.3, -0.25) is 0 Å². The average Bonchev–Trinajstić information content (AvgIpc) is 3.56. The molecule has 2 aromatic carbocycles. The van der Waals surface area contributed by atoms with E-state index in [0.29, 0.717) is 0 Å². The third kappa shape index (κ3) is 2.19. The highest BCUT2D eigenvalue weighted by Crippen LogP contribution is 2.69. The van der Waals surface area contributed by atoms with E-state index >= 15 is 0 Å². The van der Waals surface area contributed by atoms with Crippen LogP contribution in [0.2, 0.25) is 0 Å². The van der Waals surface area contributed by atoms with Crippen LogP contribution in [0.3, 0.4) is 0 Å². The Labute approximate surface area is 190 Å². The summed E-state index contributed by atoms with van der Waals surface area (Å²) in [7, 11) is 5.46. The molecule has 33 heavy (non-hydrogen) atoms. The van der Waals surface area contributed by atoms with Crippen molar-refractivity contribution in [3.8, 4) is 0 Å². The summed E-state index contributed by atoms with van der Waals surface area (Å²) in [6, 6.07) is 14.9. The maximum atomic E-state index is 11.8. The van der Waals surface area contributed by atoms with Crippen LogP contribution in [-0.4, -0.2) is 61.8 Å². The predicted octanol–water partition coefficient (Wildman–Crippen LogP) is 2.01. The minimum absolute atomic E-state index is 0.770. The van der Waals surface area contributed by atoms with Gasteiger partial charge in [-0.05, 0) is 22.3 Å². The van der Waals surface area contributed by atoms with Crippen molar-refractivity contribution in [2.45, 2.75) is 47.6 Å². The van der Waals surface area contributed by atoms with Crippen molar-refractivity contribution in [3.05, 3.63) is 70.8 Å². The van der Waals surface area contributed by atoms with Crippen LogP contribution in [0, 0.1) is 0 Å². The third-order valence-electron chi connectivity index (χ3n) is 7.60. The van der Waals surface area contributed by atoms with Gasteiger partial charge in [0.1, 0.15) is 24.4 Å². The standard InChI is InChI=1S/C24H26O9/c1-27-21(25)17-13-9-5-7-11-15(13)19(31-17)23(21,29-3)33-24(30-4)20-16-12-8-6-10-14(16)18(32-20)22(24,26)28-2/h5-12,17-20,25-26H,1-4H3/t17-,18-,19+,20+,21+,22+,23+,24+/m1/s1. The molecular formula is C24H26O9. The first kappa shape index (κ1) is 21.6. The molecule has 2 fully saturated rings. The van der Waals surface area contributed by atoms with Crippen molar-refractivity contribution in [2.75, 3.05) is 28.4 Å². The average molecular weight is 458 g/mol. The fourth-order valence-electron chi connectivity index (χ4n) is 6.04. The lowest BCUT2D eigenvalue weighted by molar-refractivity contribution is -0.483. The highest BCUT2D eigenvalue weighted by atomic mass is 16.9. The van der Waals surface area contributed by atoms with E-state index in [-0.39, 0.29) is 0 Å². The van der Waals surface area contributed by atoms with Gasteiger partial charge >= 0.3 is 0 Å². The molecule has 8 atom stereocenters. The Bertz CT molecular complexity index is 1020. The summed E-state index contributed by atoms with van der Waals surface area (Å²) < 4.78 is 41.9. The van der Waals surface area contributed by atoms with E-state index in [4.69, 9.17) is 33.2 Å². The van der Waals surface area contributed by atoms with Crippen LogP contribution in [0.15, 0.2) is 48.5 Å². The van der Waals surface area contributed by atoms with Crippen LogP contribution >= 0.6 is 0 Å². The summed E-state index contributed by atoms with van der Waals surface area (Å²) in [6.07, 6.45) is -3.53. The lowest BCUT2D eigenvalue weighted by atomic mass is 9.79. The maximum absolute atomic E-state index is 11.8. The number of fused-ring (bicyclic) bond motifs is 10. The zero-order valence-electron chi connectivity index (χ0n) is 18.7. The monoisotopic (exact) mass is 458 g/mol. The Hall–Kier alpha value is -1.92. The molecule has 0 saturated carbocycles. The first-order valence-electron chi connectivity index (χ1n) is 10.7. The second-order valence-corrected chi connectivity index (χ2v) is 8.70. The summed E-state index contributed by atoms with van der Waals surface area (Å²) in [5, 5.41) is 23.6. The molecule has 4 aliphatic heterocycles. The Balaban J connectivity index is 1.54. The van der Waals surface area contributed by atoms with Crippen LogP contribution in [0.4, 0.5) is 0 Å². The Morgan fingerprint density at radius 2 is 0.909 bits per heavy atom. The highest BCUT2D eigenvalue weighted by molar-refractivity contribution is 5.45. The van der Waals surface area contributed by atoms with Gasteiger partial charge in [0.25, 0.3) is 23.1 Å². The van der Waals surface area contributed by atoms with Crippen LogP contribution in [-0.2, 0) is 33.2 Å². The fourth-order valence-corrected chi connectivity index (χ4v) is 6.04. The largest absolute Gasteiger partial charge is 0.359 e. The molecule has 2 N–H and O–H groups in total. The number of hydrogen-bond donors (Lipinski definition) is 2. The van der Waals surface area contributed by atoms with Gasteiger partial charge < -0.3 is 43.4 Å². The number of aliphatic hydroxyl groups is 2. The normalized spacial score (nSPS) is 44.3. The lowest BCUT2D eigenvalue weighted by Crippen LogP contribution is -2.70. The van der Waals surface area contributed by atoms with E-state index in [0.717, 1.165) is 22.3 Å². The quantitative estimate of drug-likeness (QED) is 0.629. The van der Waals surface area contributed by atoms with E-state index in [1.807, 2.05) is 48.5 Å². The van der Waals surface area contributed by atoms with Crippen LogP contribution in [0.1, 0.15) is 46.7 Å². The molecule has 6 rings (SSSR count). The van der Waals surface area contributed by atoms with E-state index < -0.39 is 47.6 Å². The van der Waals surface area contributed by atoms with Gasteiger partial charge in [-0.2, -0.15) is 0 Å². The summed E-state index contributed by atoms with van der Waals surface area (Å²) in [6.45, 7) is 0. The molecular weight excluding hydrogens is 432 g/mol. The number of ether oxygens (including phenoxy) is 7. The van der Waals surface area contributed by atoms with E-state index in [2.05, 4.69) is 0 Å². The number of benzene rings is 2. The van der Waals surface area contributed by atoms with Crippen molar-refractivity contribution in [2.24, 2.45) is 0 Å². The molecule has 4 bridgehead atoms. The summed E-state index contributed by atoms with van der Waals surface area (Å²) >= 11 is 0. The SMILES string of the molecule is CO[C@]1(O[C@@]2(OC)[C@H]3O[C@H](c4ccccc43)[C@]2(O)OC)[C@H]2O[C@H](c3ccccc32)[C@]1(O)OC. The van der Waals surface area contributed by atoms with Crippen molar-refractivity contribution in [1.29, 1.82) is 0 Å². The van der Waals surface area contributed by atoms with Crippen LogP contribution in [0.25, 0.3) is 0 Å². The van der Waals surface area contributed by atoms with Gasteiger partial charge in [0, 0.05) is 28.4 Å². The lowest BCUT2D eigenvalue weighted by Gasteiger charge is -2.52. The van der Waals surface area contributed by atoms with Gasteiger partial charge in [0.15, 0.2) is 0 Å². The molecule has 0 unspecified atom stereocenters. The van der Waals surface area contributed by atoms with E-state index in [1.54, 1.807) is 0 Å². The molecule has 0 aromatic heterocycles. The molecule has 4 aliphatic rings. The van der Waals surface area contributed by atoms with Crippen molar-refractivity contribution >= 4 is 0 Å². The predicted molar refractivity (Wildman–Crippen MR) is 111 cm³/mol. The van der Waals surface area contributed by atoms with Gasteiger partial charge in [-0.25, -0.2) is 0 Å². The molecule has 0 aliphatic carbocycles. The second-order valence-electron chi connectivity index (χ2n) is 8.70. The zero-order valence-corrected chi connectivity index (χ0v) is 18.7. The molecule has 0 spiro atoms. The molecule has 176 valence electrons. The molecule has 2 saturated heterocycles. The van der Waals surface area contributed by atoms with E-state index in [9.17, 15) is 10.2 Å². The van der Waals surface area contributed by atoms with E-state index in [1.165, 1.54) is 28.4 Å². The first-order valence-corrected chi connectivity index (χ1v) is 10.7. The highest BCUT2D eigenvalue weighted by Gasteiger charge is 2.82. The molecule has 4 heterocycles. The van der Waals surface area contributed by atoms with Gasteiger partial charge in [-0.15, -0.1) is 0 Å². The molecule has 9 heteroatoms. The summed E-state index contributed by atoms with van der Waals surface area (Å²) in [5.41, 5.74) is 3.10. The number of hydrogen-bond acceptors (Lipinski definition) is 9. The first-order chi connectivity index (χ1) is 15.9. The van der Waals surface area contributed by atoms with Crippen molar-refractivity contribution in [3.63, 3.8) is 0 Å². The molecule has 9 nitrogen and oxygen atoms in total. The minimum atomic E-state index is -2.07. The van der Waals surface area contributed by atoms with Crippen molar-refractivity contribution in [1.82, 2.24) is 0 Å². The maximum Gasteiger partial charge on any atom is 0.260 e. The van der Waals surface area contributed by atoms with Crippen molar-refractivity contribution < 1.29 is 43.4 Å². The zero-order chi connectivity index (χ0) is 23.2. The Morgan fingerprint density at radius 3 is 1.21 bits per heavy atom. The summed E-state index contributed by atoms with van der Waals surface area (Å²) in [5.74, 6) is -7.98. The smallest absolute Gasteiger partial charge is 0.260 e. The number of rotatable bonds is 6. The topological polar surface area (TPSA) is 105 Å². The Morgan fingerprint density at radius 1 is 0.576 bits per heavy atom. The minimum Gasteiger partial charge on any atom is -0.359 e. The Kier molecular flexibility index (Phi) is 4.46. The van der Waals surface area contributed by atoms with Gasteiger partial charge in [-0.1, -0.05) is 48.5 Å². The fraction of sp³-hybridized carbons (Fsp3) is 0.500. The number of methoxy groups -OCH3 is 4. The van der Waals surface area contributed by atoms with Crippen LogP contribution < -0.4 is 0 Å².